The highest BCUT2D eigenvalue weighted by molar-refractivity contribution is 7.17. The smallest absolute Gasteiger partial charge is 0.266 e. The maximum atomic E-state index is 12.3. The van der Waals surface area contributed by atoms with Gasteiger partial charge in [-0.2, -0.15) is 5.26 Å². The molecule has 24 heavy (non-hydrogen) atoms. The number of nitrogens with one attached hydrogen (secondary N) is 1. The molecule has 0 radical (unpaired) electrons. The number of carbonyl (C=O) groups excluding carboxylic acids is 1. The fourth-order valence-electron chi connectivity index (χ4n) is 3.32. The third kappa shape index (κ3) is 3.13. The van der Waals surface area contributed by atoms with Crippen LogP contribution in [0.25, 0.3) is 0 Å². The van der Waals surface area contributed by atoms with Crippen molar-refractivity contribution in [3.05, 3.63) is 38.4 Å². The number of nitrogens with zero attached hydrogens (tertiary/aromatic N) is 1. The number of fused-ring (bicyclic) bond motifs is 1. The Bertz CT molecular complexity index is 781. The van der Waals surface area contributed by atoms with Crippen molar-refractivity contribution in [3.8, 4) is 6.07 Å². The number of thiophene rings is 2. The first-order valence-corrected chi connectivity index (χ1v) is 10.1. The zero-order valence-corrected chi connectivity index (χ0v) is 15.9. The Labute approximate surface area is 151 Å². The molecule has 0 aliphatic heterocycles. The largest absolute Gasteiger partial charge is 0.312 e. The van der Waals surface area contributed by atoms with Gasteiger partial charge in [0.15, 0.2) is 0 Å². The van der Waals surface area contributed by atoms with Crippen molar-refractivity contribution >= 4 is 33.6 Å². The van der Waals surface area contributed by atoms with E-state index in [9.17, 15) is 10.1 Å². The second-order valence-electron chi connectivity index (χ2n) is 7.03. The van der Waals surface area contributed by atoms with Gasteiger partial charge in [-0.15, -0.1) is 22.7 Å². The van der Waals surface area contributed by atoms with E-state index in [4.69, 9.17) is 0 Å². The molecule has 3 nitrogen and oxygen atoms in total. The highest BCUT2D eigenvalue weighted by Gasteiger charge is 2.34. The van der Waals surface area contributed by atoms with Gasteiger partial charge in [-0.25, -0.2) is 0 Å². The summed E-state index contributed by atoms with van der Waals surface area (Å²) in [7, 11) is 0. The maximum Gasteiger partial charge on any atom is 0.266 e. The molecule has 0 bridgehead atoms. The molecule has 0 saturated carbocycles. The average molecular weight is 359 g/mol. The minimum atomic E-state index is -0.120. The van der Waals surface area contributed by atoms with Gasteiger partial charge >= 0.3 is 0 Å². The van der Waals surface area contributed by atoms with Crippen molar-refractivity contribution in [1.29, 1.82) is 5.26 Å². The third-order valence-electron chi connectivity index (χ3n) is 5.37. The van der Waals surface area contributed by atoms with Gasteiger partial charge in [0.25, 0.3) is 5.91 Å². The second kappa shape index (κ2) is 6.70. The first-order valence-electron chi connectivity index (χ1n) is 8.35. The fourth-order valence-corrected chi connectivity index (χ4v) is 5.21. The summed E-state index contributed by atoms with van der Waals surface area (Å²) in [6.45, 7) is 6.92. The Morgan fingerprint density at radius 3 is 2.92 bits per heavy atom. The lowest BCUT2D eigenvalue weighted by Crippen LogP contribution is -2.28. The number of carbonyl (C=O) groups is 1. The van der Waals surface area contributed by atoms with Gasteiger partial charge < -0.3 is 5.32 Å². The van der Waals surface area contributed by atoms with Crippen LogP contribution in [-0.2, 0) is 12.8 Å². The minimum absolute atomic E-state index is 0.120. The van der Waals surface area contributed by atoms with Crippen molar-refractivity contribution in [1.82, 2.24) is 0 Å². The molecular weight excluding hydrogens is 336 g/mol. The van der Waals surface area contributed by atoms with Gasteiger partial charge in [-0.1, -0.05) is 33.3 Å². The van der Waals surface area contributed by atoms with Gasteiger partial charge in [0.05, 0.1) is 10.4 Å². The van der Waals surface area contributed by atoms with Crippen LogP contribution in [0.5, 0.6) is 0 Å². The van der Waals surface area contributed by atoms with Crippen molar-refractivity contribution in [2.75, 3.05) is 5.32 Å². The van der Waals surface area contributed by atoms with E-state index < -0.39 is 0 Å². The highest BCUT2D eigenvalue weighted by atomic mass is 32.1. The normalized spacial score (nSPS) is 17.2. The number of nitriles is 1. The lowest BCUT2D eigenvalue weighted by Gasteiger charge is -2.36. The molecule has 2 aromatic heterocycles. The van der Waals surface area contributed by atoms with Gasteiger partial charge in [-0.3, -0.25) is 4.79 Å². The summed E-state index contributed by atoms with van der Waals surface area (Å²) in [5, 5.41) is 15.1. The van der Waals surface area contributed by atoms with E-state index in [1.807, 2.05) is 11.4 Å². The molecule has 1 N–H and O–H groups in total. The van der Waals surface area contributed by atoms with Crippen LogP contribution < -0.4 is 5.32 Å². The van der Waals surface area contributed by atoms with Crippen LogP contribution in [0.2, 0.25) is 0 Å². The first-order chi connectivity index (χ1) is 11.5. The maximum absolute atomic E-state index is 12.3. The van der Waals surface area contributed by atoms with E-state index in [0.717, 1.165) is 36.2 Å². The lowest BCUT2D eigenvalue weighted by molar-refractivity contribution is 0.103. The quantitative estimate of drug-likeness (QED) is 0.787. The molecule has 126 valence electrons. The van der Waals surface area contributed by atoms with Crippen LogP contribution in [0.15, 0.2) is 17.5 Å². The van der Waals surface area contributed by atoms with E-state index in [0.29, 0.717) is 21.8 Å². The predicted molar refractivity (Wildman–Crippen MR) is 101 cm³/mol. The van der Waals surface area contributed by atoms with Crippen LogP contribution in [0, 0.1) is 22.7 Å². The van der Waals surface area contributed by atoms with Crippen molar-refractivity contribution < 1.29 is 4.79 Å². The van der Waals surface area contributed by atoms with Crippen LogP contribution in [0.4, 0.5) is 5.00 Å². The monoisotopic (exact) mass is 358 g/mol. The molecule has 1 atom stereocenters. The number of anilines is 1. The molecule has 0 aromatic carbocycles. The fraction of sp³-hybridized carbons (Fsp3) is 0.474. The molecule has 1 amide bonds. The van der Waals surface area contributed by atoms with Crippen LogP contribution >= 0.6 is 22.7 Å². The van der Waals surface area contributed by atoms with Crippen molar-refractivity contribution in [2.45, 2.75) is 46.5 Å². The number of hydrogen-bond donors (Lipinski definition) is 1. The minimum Gasteiger partial charge on any atom is -0.312 e. The molecule has 0 unspecified atom stereocenters. The second-order valence-corrected chi connectivity index (χ2v) is 9.09. The SMILES string of the molecule is CCC(C)(C)[C@H]1CCc2c(sc(NC(=O)c3cccs3)c2C#N)C1. The number of rotatable bonds is 4. The van der Waals surface area contributed by atoms with Crippen LogP contribution in [0.1, 0.15) is 59.3 Å². The summed E-state index contributed by atoms with van der Waals surface area (Å²) < 4.78 is 0. The molecule has 1 aliphatic rings. The molecule has 0 spiro atoms. The Morgan fingerprint density at radius 2 is 2.29 bits per heavy atom. The van der Waals surface area contributed by atoms with Crippen molar-refractivity contribution in [2.24, 2.45) is 11.3 Å². The van der Waals surface area contributed by atoms with E-state index >= 15 is 0 Å². The molecule has 3 rings (SSSR count). The molecule has 5 heteroatoms. The van der Waals surface area contributed by atoms with Gasteiger partial charge in [0.2, 0.25) is 0 Å². The van der Waals surface area contributed by atoms with E-state index in [1.165, 1.54) is 16.2 Å². The highest BCUT2D eigenvalue weighted by Crippen LogP contribution is 2.45. The molecule has 2 aromatic rings. The zero-order valence-electron chi connectivity index (χ0n) is 14.3. The Morgan fingerprint density at radius 1 is 1.50 bits per heavy atom. The van der Waals surface area contributed by atoms with E-state index in [1.54, 1.807) is 17.4 Å². The Hall–Kier alpha value is -1.64. The van der Waals surface area contributed by atoms with Crippen molar-refractivity contribution in [3.63, 3.8) is 0 Å². The standard InChI is InChI=1S/C19H22N2OS2/c1-4-19(2,3)12-7-8-13-14(11-20)18(24-16(13)10-12)21-17(22)15-6-5-9-23-15/h5-6,9,12H,4,7-8,10H2,1-3H3,(H,21,22)/t12-/m0/s1. The molecule has 2 heterocycles. The average Bonchev–Trinajstić information content (AvgIpc) is 3.21. The van der Waals surface area contributed by atoms with E-state index in [2.05, 4.69) is 32.2 Å². The Balaban J connectivity index is 1.86. The van der Waals surface area contributed by atoms with Crippen LogP contribution in [-0.4, -0.2) is 5.91 Å². The summed E-state index contributed by atoms with van der Waals surface area (Å²) in [6, 6.07) is 5.99. The third-order valence-corrected chi connectivity index (χ3v) is 7.40. The topological polar surface area (TPSA) is 52.9 Å². The van der Waals surface area contributed by atoms with Gasteiger partial charge in [0, 0.05) is 4.88 Å². The predicted octanol–water partition coefficient (Wildman–Crippen LogP) is 5.47. The summed E-state index contributed by atoms with van der Waals surface area (Å²) >= 11 is 3.01. The molecule has 0 saturated heterocycles. The summed E-state index contributed by atoms with van der Waals surface area (Å²) in [6.07, 6.45) is 4.24. The number of hydrogen-bond acceptors (Lipinski definition) is 4. The first kappa shape index (κ1) is 17.2. The molecule has 0 fully saturated rings. The van der Waals surface area contributed by atoms with Gasteiger partial charge in [0.1, 0.15) is 11.1 Å². The van der Waals surface area contributed by atoms with Crippen LogP contribution in [0.3, 0.4) is 0 Å². The van der Waals surface area contributed by atoms with Gasteiger partial charge in [-0.05, 0) is 47.6 Å². The summed E-state index contributed by atoms with van der Waals surface area (Å²) in [5.74, 6) is 0.520. The lowest BCUT2D eigenvalue weighted by atomic mass is 9.69. The summed E-state index contributed by atoms with van der Waals surface area (Å²) in [5.41, 5.74) is 2.15. The molecular formula is C19H22N2OS2. The van der Waals surface area contributed by atoms with E-state index in [-0.39, 0.29) is 5.91 Å². The number of amides is 1. The molecule has 1 aliphatic carbocycles. The zero-order chi connectivity index (χ0) is 17.3. The summed E-state index contributed by atoms with van der Waals surface area (Å²) in [4.78, 5) is 14.3. The Kier molecular flexibility index (Phi) is 4.80.